The zero-order valence-corrected chi connectivity index (χ0v) is 21.2. The summed E-state index contributed by atoms with van der Waals surface area (Å²) in [5, 5.41) is 0. The molecule has 0 heterocycles. The topological polar surface area (TPSA) is 63.7 Å². The predicted molar refractivity (Wildman–Crippen MR) is 126 cm³/mol. The van der Waals surface area contributed by atoms with Crippen LogP contribution >= 0.6 is 0 Å². The van der Waals surface area contributed by atoms with Gasteiger partial charge in [0.15, 0.2) is 0 Å². The van der Waals surface area contributed by atoms with E-state index in [2.05, 4.69) is 51.6 Å². The van der Waals surface area contributed by atoms with Crippen molar-refractivity contribution in [2.75, 3.05) is 93.6 Å². The molecule has 0 rings (SSSR count). The number of nitrogens with zero attached hydrogens (tertiary/aromatic N) is 3. The molecule has 0 spiro atoms. The molecule has 0 aliphatic heterocycles. The Morgan fingerprint density at radius 1 is 0.613 bits per heavy atom. The molecule has 31 heavy (non-hydrogen) atoms. The molecule has 0 unspecified atom stereocenters. The fraction of sp³-hybridized carbons (Fsp3) is 0.957. The largest absolute Gasteiger partial charge is 0.379 e. The number of hydrogen-bond donors (Lipinski definition) is 0. The maximum absolute atomic E-state index is 12.1. The van der Waals surface area contributed by atoms with E-state index in [1.54, 1.807) is 4.90 Å². The first-order valence-electron chi connectivity index (χ1n) is 11.7. The Balaban J connectivity index is 3.37. The third-order valence-corrected chi connectivity index (χ3v) is 5.36. The summed E-state index contributed by atoms with van der Waals surface area (Å²) >= 11 is 0. The summed E-state index contributed by atoms with van der Waals surface area (Å²) in [6, 6.07) is 1.07. The molecule has 0 N–H and O–H groups in total. The van der Waals surface area contributed by atoms with Gasteiger partial charge in [0.25, 0.3) is 0 Å². The van der Waals surface area contributed by atoms with Crippen LogP contribution in [0.5, 0.6) is 0 Å². The van der Waals surface area contributed by atoms with Gasteiger partial charge in [0.05, 0.1) is 59.3 Å². The summed E-state index contributed by atoms with van der Waals surface area (Å²) < 4.78 is 22.0. The molecular formula is C23H49N3O5. The Kier molecular flexibility index (Phi) is 19.4. The average Bonchev–Trinajstić information content (AvgIpc) is 2.73. The number of carbonyl (C=O) groups is 1. The van der Waals surface area contributed by atoms with Crippen LogP contribution in [0.1, 0.15) is 40.5 Å². The van der Waals surface area contributed by atoms with Crippen LogP contribution in [-0.2, 0) is 23.7 Å². The van der Waals surface area contributed by atoms with E-state index in [0.29, 0.717) is 64.8 Å². The van der Waals surface area contributed by atoms with E-state index in [-0.39, 0.29) is 5.91 Å². The van der Waals surface area contributed by atoms with Crippen molar-refractivity contribution in [1.29, 1.82) is 0 Å². The maximum Gasteiger partial charge on any atom is 0.224 e. The molecule has 0 aliphatic rings. The highest BCUT2D eigenvalue weighted by Crippen LogP contribution is 1.99. The zero-order chi connectivity index (χ0) is 23.5. The number of likely N-dealkylation sites (N-methyl/N-ethyl adjacent to an activating group) is 1. The molecule has 0 aliphatic carbocycles. The predicted octanol–water partition coefficient (Wildman–Crippen LogP) is 1.97. The lowest BCUT2D eigenvalue weighted by molar-refractivity contribution is -0.131. The number of amides is 1. The third-order valence-electron chi connectivity index (χ3n) is 5.36. The summed E-state index contributed by atoms with van der Waals surface area (Å²) in [5.41, 5.74) is 0. The Hall–Kier alpha value is -0.770. The van der Waals surface area contributed by atoms with Crippen molar-refractivity contribution in [2.45, 2.75) is 52.6 Å². The molecule has 8 heteroatoms. The third kappa shape index (κ3) is 18.5. The van der Waals surface area contributed by atoms with Crippen molar-refractivity contribution in [2.24, 2.45) is 0 Å². The molecule has 0 fully saturated rings. The fourth-order valence-corrected chi connectivity index (χ4v) is 2.52. The Labute approximate surface area is 191 Å². The highest BCUT2D eigenvalue weighted by Gasteiger charge is 2.09. The van der Waals surface area contributed by atoms with Gasteiger partial charge in [0, 0.05) is 32.2 Å². The van der Waals surface area contributed by atoms with Gasteiger partial charge in [-0.3, -0.25) is 4.79 Å². The molecular weight excluding hydrogens is 398 g/mol. The second-order valence-corrected chi connectivity index (χ2v) is 8.52. The van der Waals surface area contributed by atoms with Crippen LogP contribution in [0.25, 0.3) is 0 Å². The van der Waals surface area contributed by atoms with Gasteiger partial charge < -0.3 is 33.6 Å². The number of ether oxygens (including phenoxy) is 4. The van der Waals surface area contributed by atoms with E-state index in [1.165, 1.54) is 0 Å². The van der Waals surface area contributed by atoms with Crippen LogP contribution in [0.15, 0.2) is 0 Å². The van der Waals surface area contributed by atoms with Crippen LogP contribution in [0.2, 0.25) is 0 Å². The number of hydrogen-bond acceptors (Lipinski definition) is 7. The Morgan fingerprint density at radius 2 is 1.03 bits per heavy atom. The van der Waals surface area contributed by atoms with Gasteiger partial charge in [-0.15, -0.1) is 0 Å². The smallest absolute Gasteiger partial charge is 0.224 e. The van der Waals surface area contributed by atoms with E-state index in [4.69, 9.17) is 18.9 Å². The number of carbonyl (C=O) groups excluding carboxylic acids is 1. The first kappa shape index (κ1) is 30.2. The number of rotatable bonds is 21. The van der Waals surface area contributed by atoms with Crippen molar-refractivity contribution >= 4 is 5.91 Å². The second-order valence-electron chi connectivity index (χ2n) is 8.52. The lowest BCUT2D eigenvalue weighted by Crippen LogP contribution is -2.33. The zero-order valence-electron chi connectivity index (χ0n) is 21.2. The lowest BCUT2D eigenvalue weighted by Gasteiger charge is -2.23. The minimum atomic E-state index is 0.125. The van der Waals surface area contributed by atoms with Crippen LogP contribution in [0.4, 0.5) is 0 Å². The molecule has 186 valence electrons. The monoisotopic (exact) mass is 447 g/mol. The van der Waals surface area contributed by atoms with Crippen LogP contribution in [-0.4, -0.2) is 126 Å². The van der Waals surface area contributed by atoms with Gasteiger partial charge in [0.1, 0.15) is 0 Å². The van der Waals surface area contributed by atoms with Crippen molar-refractivity contribution in [3.63, 3.8) is 0 Å². The summed E-state index contributed by atoms with van der Waals surface area (Å²) in [4.78, 5) is 18.4. The SMILES string of the molecule is CC(C)N(C)CCCN(C)C(=O)CCOCCOCCOCCOCCN(C)C(C)C. The molecule has 0 aromatic heterocycles. The van der Waals surface area contributed by atoms with Crippen molar-refractivity contribution in [1.82, 2.24) is 14.7 Å². The summed E-state index contributed by atoms with van der Waals surface area (Å²) in [6.07, 6.45) is 1.39. The molecule has 8 nitrogen and oxygen atoms in total. The van der Waals surface area contributed by atoms with E-state index < -0.39 is 0 Å². The van der Waals surface area contributed by atoms with Gasteiger partial charge in [-0.05, 0) is 54.8 Å². The normalized spacial score (nSPS) is 12.0. The van der Waals surface area contributed by atoms with E-state index in [0.717, 1.165) is 32.7 Å². The van der Waals surface area contributed by atoms with Gasteiger partial charge in [-0.25, -0.2) is 0 Å². The van der Waals surface area contributed by atoms with Crippen molar-refractivity contribution < 1.29 is 23.7 Å². The molecule has 0 aromatic carbocycles. The summed E-state index contributed by atoms with van der Waals surface area (Å²) in [7, 11) is 6.06. The van der Waals surface area contributed by atoms with Crippen molar-refractivity contribution in [3.8, 4) is 0 Å². The fourth-order valence-electron chi connectivity index (χ4n) is 2.52. The molecule has 0 saturated carbocycles. The van der Waals surface area contributed by atoms with Crippen LogP contribution < -0.4 is 0 Å². The van der Waals surface area contributed by atoms with Gasteiger partial charge >= 0.3 is 0 Å². The minimum absolute atomic E-state index is 0.125. The first-order valence-corrected chi connectivity index (χ1v) is 11.7. The molecule has 0 radical (unpaired) electrons. The molecule has 0 saturated heterocycles. The quantitative estimate of drug-likeness (QED) is 0.249. The highest BCUT2D eigenvalue weighted by molar-refractivity contribution is 5.75. The maximum atomic E-state index is 12.1. The van der Waals surface area contributed by atoms with E-state index in [1.807, 2.05) is 7.05 Å². The Morgan fingerprint density at radius 3 is 1.52 bits per heavy atom. The second kappa shape index (κ2) is 19.9. The lowest BCUT2D eigenvalue weighted by atomic mass is 10.3. The average molecular weight is 448 g/mol. The summed E-state index contributed by atoms with van der Waals surface area (Å²) in [6.45, 7) is 15.8. The van der Waals surface area contributed by atoms with Gasteiger partial charge in [-0.1, -0.05) is 0 Å². The summed E-state index contributed by atoms with van der Waals surface area (Å²) in [5.74, 6) is 0.125. The standard InChI is InChI=1S/C23H49N3O5/c1-21(2)24(5)10-8-11-26(7)23(27)9-13-28-15-17-30-19-20-31-18-16-29-14-12-25(6)22(3)4/h21-22H,8-20H2,1-7H3. The highest BCUT2D eigenvalue weighted by atomic mass is 16.6. The molecule has 0 aromatic rings. The van der Waals surface area contributed by atoms with Crippen molar-refractivity contribution in [3.05, 3.63) is 0 Å². The molecule has 0 atom stereocenters. The van der Waals surface area contributed by atoms with E-state index >= 15 is 0 Å². The van der Waals surface area contributed by atoms with Crippen LogP contribution in [0.3, 0.4) is 0 Å². The molecule has 1 amide bonds. The Bertz CT molecular complexity index is 424. The van der Waals surface area contributed by atoms with E-state index in [9.17, 15) is 4.79 Å². The molecule has 0 bridgehead atoms. The van der Waals surface area contributed by atoms with Gasteiger partial charge in [0.2, 0.25) is 5.91 Å². The van der Waals surface area contributed by atoms with Gasteiger partial charge in [-0.2, -0.15) is 0 Å². The van der Waals surface area contributed by atoms with Crippen LogP contribution in [0, 0.1) is 0 Å². The minimum Gasteiger partial charge on any atom is -0.379 e. The first-order chi connectivity index (χ1) is 14.8.